The van der Waals surface area contributed by atoms with Gasteiger partial charge in [-0.05, 0) is 36.4 Å². The van der Waals surface area contributed by atoms with E-state index < -0.39 is 5.76 Å². The Balaban J connectivity index is 1.57. The molecule has 0 saturated carbocycles. The summed E-state index contributed by atoms with van der Waals surface area (Å²) in [7, 11) is 3.39. The second kappa shape index (κ2) is 8.27. The smallest absolute Gasteiger partial charge is 0.408 e. The highest BCUT2D eigenvalue weighted by Gasteiger charge is 2.11. The molecular weight excluding hydrogens is 358 g/mol. The molecule has 0 unspecified atom stereocenters. The second-order valence-electron chi connectivity index (χ2n) is 6.28. The lowest BCUT2D eigenvalue weighted by molar-refractivity contribution is -0.121. The Morgan fingerprint density at radius 1 is 1.11 bits per heavy atom. The van der Waals surface area contributed by atoms with Crippen LogP contribution in [0.15, 0.2) is 57.7 Å². The lowest BCUT2D eigenvalue weighted by Gasteiger charge is -2.09. The third-order valence-electron chi connectivity index (χ3n) is 4.02. The Hall–Kier alpha value is -3.79. The topological polar surface area (TPSA) is 84.5 Å². The summed E-state index contributed by atoms with van der Waals surface area (Å²) in [6.07, 6.45) is 0. The molecule has 28 heavy (non-hydrogen) atoms. The summed E-state index contributed by atoms with van der Waals surface area (Å²) in [5.74, 6) is 4.78. The van der Waals surface area contributed by atoms with E-state index in [-0.39, 0.29) is 24.9 Å². The molecule has 0 bridgehead atoms. The number of nitrogens with zero attached hydrogens (tertiary/aromatic N) is 2. The zero-order chi connectivity index (χ0) is 20.1. The predicted octanol–water partition coefficient (Wildman–Crippen LogP) is 1.46. The maximum absolute atomic E-state index is 12.1. The molecule has 142 valence electrons. The number of aromatic nitrogens is 1. The van der Waals surface area contributed by atoms with Gasteiger partial charge in [0.15, 0.2) is 5.58 Å². The van der Waals surface area contributed by atoms with E-state index in [4.69, 9.17) is 4.42 Å². The number of hydrogen-bond donors (Lipinski definition) is 1. The predicted molar refractivity (Wildman–Crippen MR) is 105 cm³/mol. The number of oxazole rings is 1. The van der Waals surface area contributed by atoms with Crippen LogP contribution >= 0.6 is 0 Å². The quantitative estimate of drug-likeness (QED) is 0.698. The van der Waals surface area contributed by atoms with E-state index in [1.165, 1.54) is 9.47 Å². The summed E-state index contributed by atoms with van der Waals surface area (Å²) in [6.45, 7) is 0.000613. The van der Waals surface area contributed by atoms with Crippen LogP contribution in [0, 0.1) is 11.8 Å². The van der Waals surface area contributed by atoms with Gasteiger partial charge >= 0.3 is 5.76 Å². The van der Waals surface area contributed by atoms with Gasteiger partial charge in [0.2, 0.25) is 5.91 Å². The molecule has 7 heteroatoms. The van der Waals surface area contributed by atoms with Gasteiger partial charge in [-0.2, -0.15) is 0 Å². The average molecular weight is 377 g/mol. The summed E-state index contributed by atoms with van der Waals surface area (Å²) in [6, 6.07) is 13.9. The third-order valence-corrected chi connectivity index (χ3v) is 4.02. The first-order chi connectivity index (χ1) is 13.5. The van der Waals surface area contributed by atoms with E-state index in [0.717, 1.165) is 5.56 Å². The number of carbonyl (C=O) groups excluding carboxylic acids is 2. The molecule has 1 heterocycles. The third kappa shape index (κ3) is 4.30. The molecule has 0 saturated heterocycles. The van der Waals surface area contributed by atoms with Crippen LogP contribution in [-0.4, -0.2) is 41.9 Å². The van der Waals surface area contributed by atoms with Crippen LogP contribution in [0.3, 0.4) is 0 Å². The molecule has 0 atom stereocenters. The number of benzene rings is 2. The van der Waals surface area contributed by atoms with Gasteiger partial charge in [0.05, 0.1) is 12.1 Å². The first kappa shape index (κ1) is 19.0. The molecule has 7 nitrogen and oxygen atoms in total. The summed E-state index contributed by atoms with van der Waals surface area (Å²) >= 11 is 0. The van der Waals surface area contributed by atoms with E-state index in [1.54, 1.807) is 62.6 Å². The highest BCUT2D eigenvalue weighted by molar-refractivity contribution is 5.93. The summed E-state index contributed by atoms with van der Waals surface area (Å²) in [5.41, 5.74) is 2.33. The minimum Gasteiger partial charge on any atom is -0.408 e. The Morgan fingerprint density at radius 2 is 1.82 bits per heavy atom. The van der Waals surface area contributed by atoms with Crippen LogP contribution < -0.4 is 11.1 Å². The van der Waals surface area contributed by atoms with E-state index in [0.29, 0.717) is 16.7 Å². The van der Waals surface area contributed by atoms with E-state index in [2.05, 4.69) is 17.2 Å². The van der Waals surface area contributed by atoms with Gasteiger partial charge in [-0.3, -0.25) is 14.2 Å². The normalized spacial score (nSPS) is 10.2. The van der Waals surface area contributed by atoms with Crippen LogP contribution in [0.5, 0.6) is 0 Å². The van der Waals surface area contributed by atoms with Gasteiger partial charge in [-0.25, -0.2) is 4.79 Å². The number of fused-ring (bicyclic) bond motifs is 1. The van der Waals surface area contributed by atoms with Gasteiger partial charge in [-0.15, -0.1) is 0 Å². The zero-order valence-corrected chi connectivity index (χ0v) is 15.6. The van der Waals surface area contributed by atoms with Crippen molar-refractivity contribution in [1.29, 1.82) is 0 Å². The monoisotopic (exact) mass is 377 g/mol. The van der Waals surface area contributed by atoms with Crippen molar-refractivity contribution in [3.8, 4) is 11.8 Å². The first-order valence-electron chi connectivity index (χ1n) is 8.61. The van der Waals surface area contributed by atoms with Crippen molar-refractivity contribution in [2.45, 2.75) is 6.54 Å². The van der Waals surface area contributed by atoms with E-state index in [1.807, 2.05) is 0 Å². The maximum atomic E-state index is 12.1. The minimum absolute atomic E-state index is 0.0752. The molecule has 2 amide bonds. The summed E-state index contributed by atoms with van der Waals surface area (Å²) in [5, 5.41) is 2.65. The van der Waals surface area contributed by atoms with Crippen LogP contribution in [0.1, 0.15) is 15.9 Å². The number of para-hydroxylation sites is 2. The van der Waals surface area contributed by atoms with Gasteiger partial charge in [0.1, 0.15) is 6.54 Å². The van der Waals surface area contributed by atoms with Crippen molar-refractivity contribution in [3.63, 3.8) is 0 Å². The average Bonchev–Trinajstić information content (AvgIpc) is 3.00. The highest BCUT2D eigenvalue weighted by Crippen LogP contribution is 2.11. The van der Waals surface area contributed by atoms with Crippen molar-refractivity contribution in [2.75, 3.05) is 20.6 Å². The van der Waals surface area contributed by atoms with Crippen LogP contribution in [0.4, 0.5) is 0 Å². The van der Waals surface area contributed by atoms with Crippen LogP contribution in [0.25, 0.3) is 11.1 Å². The fourth-order valence-corrected chi connectivity index (χ4v) is 2.61. The van der Waals surface area contributed by atoms with Gasteiger partial charge in [0.25, 0.3) is 5.91 Å². The highest BCUT2D eigenvalue weighted by atomic mass is 16.4. The van der Waals surface area contributed by atoms with Crippen molar-refractivity contribution in [2.24, 2.45) is 0 Å². The standard InChI is InChI=1S/C21H19N3O4/c1-23(2)20(26)16-11-9-15(10-12-16)6-5-13-22-19(25)14-24-17-7-3-4-8-18(17)28-21(24)27/h3-4,7-12H,13-14H2,1-2H3,(H,22,25). The molecule has 0 radical (unpaired) electrons. The molecule has 0 aliphatic heterocycles. The SMILES string of the molecule is CN(C)C(=O)c1ccc(C#CCNC(=O)Cn2c(=O)oc3ccccc32)cc1. The second-order valence-corrected chi connectivity index (χ2v) is 6.28. The molecular formula is C21H19N3O4. The van der Waals surface area contributed by atoms with Crippen LogP contribution in [-0.2, 0) is 11.3 Å². The first-order valence-corrected chi connectivity index (χ1v) is 8.61. The van der Waals surface area contributed by atoms with Crippen molar-refractivity contribution in [3.05, 3.63) is 70.2 Å². The minimum atomic E-state index is -0.574. The van der Waals surface area contributed by atoms with Crippen molar-refractivity contribution in [1.82, 2.24) is 14.8 Å². The van der Waals surface area contributed by atoms with Crippen molar-refractivity contribution < 1.29 is 14.0 Å². The largest absolute Gasteiger partial charge is 0.420 e. The molecule has 1 aromatic heterocycles. The lowest BCUT2D eigenvalue weighted by Crippen LogP contribution is -2.30. The van der Waals surface area contributed by atoms with Crippen molar-refractivity contribution >= 4 is 22.9 Å². The molecule has 0 fully saturated rings. The van der Waals surface area contributed by atoms with E-state index >= 15 is 0 Å². The molecule has 2 aromatic carbocycles. The summed E-state index contributed by atoms with van der Waals surface area (Å²) < 4.78 is 6.37. The number of nitrogens with one attached hydrogen (secondary N) is 1. The van der Waals surface area contributed by atoms with E-state index in [9.17, 15) is 14.4 Å². The number of amides is 2. The number of rotatable bonds is 4. The fourth-order valence-electron chi connectivity index (χ4n) is 2.61. The van der Waals surface area contributed by atoms with Crippen LogP contribution in [0.2, 0.25) is 0 Å². The molecule has 0 spiro atoms. The molecule has 3 aromatic rings. The summed E-state index contributed by atoms with van der Waals surface area (Å²) in [4.78, 5) is 37.3. The van der Waals surface area contributed by atoms with Gasteiger partial charge in [0, 0.05) is 25.2 Å². The lowest BCUT2D eigenvalue weighted by atomic mass is 10.1. The number of hydrogen-bond acceptors (Lipinski definition) is 4. The maximum Gasteiger partial charge on any atom is 0.420 e. The van der Waals surface area contributed by atoms with Gasteiger partial charge in [-0.1, -0.05) is 24.0 Å². The Kier molecular flexibility index (Phi) is 5.61. The zero-order valence-electron chi connectivity index (χ0n) is 15.6. The molecule has 3 rings (SSSR count). The Morgan fingerprint density at radius 3 is 2.54 bits per heavy atom. The van der Waals surface area contributed by atoms with Gasteiger partial charge < -0.3 is 14.6 Å². The number of carbonyl (C=O) groups is 2. The molecule has 1 N–H and O–H groups in total. The fraction of sp³-hybridized carbons (Fsp3) is 0.190. The Bertz CT molecular complexity index is 1130. The molecule has 0 aliphatic carbocycles. The molecule has 0 aliphatic rings. The Labute approximate surface area is 161 Å².